The zero-order valence-corrected chi connectivity index (χ0v) is 15.8. The van der Waals surface area contributed by atoms with Gasteiger partial charge in [-0.25, -0.2) is 4.98 Å². The Morgan fingerprint density at radius 3 is 2.86 bits per heavy atom. The van der Waals surface area contributed by atoms with Crippen molar-refractivity contribution in [2.24, 2.45) is 5.41 Å². The Hall–Kier alpha value is -0.260. The van der Waals surface area contributed by atoms with E-state index in [4.69, 9.17) is 4.98 Å². The number of rotatable bonds is 6. The fourth-order valence-corrected chi connectivity index (χ4v) is 4.95. The highest BCUT2D eigenvalue weighted by atomic mass is 32.2. The van der Waals surface area contributed by atoms with Crippen molar-refractivity contribution in [3.63, 3.8) is 0 Å². The van der Waals surface area contributed by atoms with Gasteiger partial charge in [0, 0.05) is 29.8 Å². The average Bonchev–Trinajstić information content (AvgIpc) is 2.80. The van der Waals surface area contributed by atoms with Crippen LogP contribution in [0.3, 0.4) is 0 Å². The Bertz CT molecular complexity index is 470. The molecule has 0 aliphatic heterocycles. The smallest absolute Gasteiger partial charge is 0.185 e. The van der Waals surface area contributed by atoms with Gasteiger partial charge in [-0.1, -0.05) is 32.1 Å². The van der Waals surface area contributed by atoms with E-state index in [2.05, 4.69) is 51.2 Å². The maximum absolute atomic E-state index is 4.98. The summed E-state index contributed by atoms with van der Waals surface area (Å²) in [5, 5.41) is 4.83. The first kappa shape index (κ1) is 17.1. The normalized spacial score (nSPS) is 21.9. The summed E-state index contributed by atoms with van der Waals surface area (Å²) < 4.78 is 0. The van der Waals surface area contributed by atoms with E-state index in [9.17, 15) is 0 Å². The number of hydrogen-bond donors (Lipinski definition) is 1. The third-order valence-electron chi connectivity index (χ3n) is 4.26. The molecule has 120 valence electrons. The molecule has 2 unspecified atom stereocenters. The van der Waals surface area contributed by atoms with Crippen LogP contribution < -0.4 is 10.2 Å². The van der Waals surface area contributed by atoms with Gasteiger partial charge in [-0.15, -0.1) is 0 Å². The maximum Gasteiger partial charge on any atom is 0.185 e. The average molecular weight is 328 g/mol. The number of thiazole rings is 1. The van der Waals surface area contributed by atoms with Gasteiger partial charge >= 0.3 is 0 Å². The predicted molar refractivity (Wildman–Crippen MR) is 96.9 cm³/mol. The van der Waals surface area contributed by atoms with Crippen LogP contribution in [0.1, 0.15) is 50.7 Å². The largest absolute Gasteiger partial charge is 0.348 e. The zero-order chi connectivity index (χ0) is 15.6. The van der Waals surface area contributed by atoms with E-state index in [1.807, 2.05) is 23.1 Å². The second kappa shape index (κ2) is 6.88. The molecule has 0 saturated heterocycles. The molecular weight excluding hydrogens is 298 g/mol. The van der Waals surface area contributed by atoms with Gasteiger partial charge in [-0.05, 0) is 38.0 Å². The van der Waals surface area contributed by atoms with E-state index in [1.54, 1.807) is 0 Å². The topological polar surface area (TPSA) is 28.2 Å². The van der Waals surface area contributed by atoms with Crippen molar-refractivity contribution in [3.05, 3.63) is 10.6 Å². The molecule has 0 amide bonds. The third-order valence-corrected chi connectivity index (χ3v) is 6.37. The molecule has 0 aromatic carbocycles. The fraction of sp³-hybridized carbons (Fsp3) is 0.812. The summed E-state index contributed by atoms with van der Waals surface area (Å²) in [4.78, 5) is 8.79. The number of anilines is 1. The van der Waals surface area contributed by atoms with Gasteiger partial charge in [0.05, 0.1) is 5.69 Å². The SMILES string of the molecule is CCNC1CC(C)(C)Cc2nc(N(C)C(C)CSC)sc21. The molecule has 0 spiro atoms. The summed E-state index contributed by atoms with van der Waals surface area (Å²) in [6.07, 6.45) is 4.48. The Morgan fingerprint density at radius 1 is 1.52 bits per heavy atom. The number of aromatic nitrogens is 1. The van der Waals surface area contributed by atoms with E-state index in [0.717, 1.165) is 18.7 Å². The number of hydrogen-bond acceptors (Lipinski definition) is 5. The van der Waals surface area contributed by atoms with E-state index in [1.165, 1.54) is 22.1 Å². The van der Waals surface area contributed by atoms with Crippen LogP contribution in [0, 0.1) is 5.41 Å². The third kappa shape index (κ3) is 3.93. The van der Waals surface area contributed by atoms with E-state index < -0.39 is 0 Å². The zero-order valence-electron chi connectivity index (χ0n) is 14.2. The molecule has 1 aliphatic rings. The minimum Gasteiger partial charge on any atom is -0.348 e. The summed E-state index contributed by atoms with van der Waals surface area (Å²) in [5.41, 5.74) is 1.66. The van der Waals surface area contributed by atoms with Crippen LogP contribution >= 0.6 is 23.1 Å². The van der Waals surface area contributed by atoms with Gasteiger partial charge in [0.1, 0.15) is 0 Å². The molecule has 1 aromatic heterocycles. The molecular formula is C16H29N3S2. The van der Waals surface area contributed by atoms with Gasteiger partial charge in [0.25, 0.3) is 0 Å². The Kier molecular flexibility index (Phi) is 5.60. The standard InChI is InChI=1S/C16H29N3S2/c1-7-17-12-8-16(3,4)9-13-14(12)21-15(18-13)19(5)11(2)10-20-6/h11-12,17H,7-10H2,1-6H3. The molecule has 2 atom stereocenters. The number of fused-ring (bicyclic) bond motifs is 1. The van der Waals surface area contributed by atoms with Crippen LogP contribution in [0.4, 0.5) is 5.13 Å². The van der Waals surface area contributed by atoms with Crippen molar-refractivity contribution < 1.29 is 0 Å². The summed E-state index contributed by atoms with van der Waals surface area (Å²) in [7, 11) is 2.18. The summed E-state index contributed by atoms with van der Waals surface area (Å²) in [6.45, 7) is 10.2. The van der Waals surface area contributed by atoms with E-state index in [-0.39, 0.29) is 0 Å². The van der Waals surface area contributed by atoms with Gasteiger partial charge in [-0.2, -0.15) is 11.8 Å². The lowest BCUT2D eigenvalue weighted by molar-refractivity contribution is 0.260. The molecule has 21 heavy (non-hydrogen) atoms. The van der Waals surface area contributed by atoms with Crippen LogP contribution in [0.15, 0.2) is 0 Å². The molecule has 1 heterocycles. The molecule has 0 fully saturated rings. The van der Waals surface area contributed by atoms with Crippen molar-refractivity contribution in [3.8, 4) is 0 Å². The molecule has 0 saturated carbocycles. The summed E-state index contributed by atoms with van der Waals surface area (Å²) in [6, 6.07) is 1.00. The van der Waals surface area contributed by atoms with Crippen molar-refractivity contribution >= 4 is 28.2 Å². The maximum atomic E-state index is 4.98. The minimum absolute atomic E-state index is 0.342. The molecule has 5 heteroatoms. The van der Waals surface area contributed by atoms with E-state index in [0.29, 0.717) is 17.5 Å². The first-order valence-electron chi connectivity index (χ1n) is 7.82. The van der Waals surface area contributed by atoms with E-state index >= 15 is 0 Å². The van der Waals surface area contributed by atoms with Gasteiger partial charge < -0.3 is 10.2 Å². The van der Waals surface area contributed by atoms with Crippen molar-refractivity contribution in [1.29, 1.82) is 0 Å². The van der Waals surface area contributed by atoms with Crippen molar-refractivity contribution in [2.45, 2.75) is 52.6 Å². The number of nitrogens with zero attached hydrogens (tertiary/aromatic N) is 2. The van der Waals surface area contributed by atoms with Crippen LogP contribution in [-0.4, -0.2) is 36.6 Å². The first-order chi connectivity index (χ1) is 9.88. The fourth-order valence-electron chi connectivity index (χ4n) is 3.02. The second-order valence-electron chi connectivity index (χ2n) is 6.88. The Balaban J connectivity index is 2.26. The molecule has 1 N–H and O–H groups in total. The lowest BCUT2D eigenvalue weighted by atomic mass is 9.76. The molecule has 1 aromatic rings. The van der Waals surface area contributed by atoms with Crippen LogP contribution in [0.5, 0.6) is 0 Å². The quantitative estimate of drug-likeness (QED) is 0.856. The monoisotopic (exact) mass is 327 g/mol. The van der Waals surface area contributed by atoms with Crippen molar-refractivity contribution in [1.82, 2.24) is 10.3 Å². The Labute approximate surface area is 137 Å². The minimum atomic E-state index is 0.342. The highest BCUT2D eigenvalue weighted by Gasteiger charge is 2.35. The van der Waals surface area contributed by atoms with Crippen molar-refractivity contribution in [2.75, 3.05) is 30.5 Å². The lowest BCUT2D eigenvalue weighted by Gasteiger charge is -2.34. The molecule has 0 radical (unpaired) electrons. The summed E-state index contributed by atoms with van der Waals surface area (Å²) in [5.74, 6) is 1.14. The molecule has 2 rings (SSSR count). The highest BCUT2D eigenvalue weighted by Crippen LogP contribution is 2.44. The van der Waals surface area contributed by atoms with Crippen LogP contribution in [-0.2, 0) is 6.42 Å². The van der Waals surface area contributed by atoms with Gasteiger partial charge in [-0.3, -0.25) is 0 Å². The molecule has 1 aliphatic carbocycles. The molecule has 0 bridgehead atoms. The first-order valence-corrected chi connectivity index (χ1v) is 10.0. The lowest BCUT2D eigenvalue weighted by Crippen LogP contribution is -2.32. The Morgan fingerprint density at radius 2 is 2.24 bits per heavy atom. The highest BCUT2D eigenvalue weighted by molar-refractivity contribution is 7.98. The summed E-state index contributed by atoms with van der Waals surface area (Å²) >= 11 is 3.79. The second-order valence-corrected chi connectivity index (χ2v) is 8.80. The van der Waals surface area contributed by atoms with Crippen LogP contribution in [0.2, 0.25) is 0 Å². The van der Waals surface area contributed by atoms with Gasteiger partial charge in [0.15, 0.2) is 5.13 Å². The number of nitrogens with one attached hydrogen (secondary N) is 1. The van der Waals surface area contributed by atoms with Crippen LogP contribution in [0.25, 0.3) is 0 Å². The number of thioether (sulfide) groups is 1. The predicted octanol–water partition coefficient (Wildman–Crippen LogP) is 3.95. The molecule has 3 nitrogen and oxygen atoms in total. The van der Waals surface area contributed by atoms with Gasteiger partial charge in [0.2, 0.25) is 0 Å².